The number of hydrogen-bond donors (Lipinski definition) is 1. The third kappa shape index (κ3) is 2.30. The summed E-state index contributed by atoms with van der Waals surface area (Å²) in [6.45, 7) is 3.18. The van der Waals surface area contributed by atoms with Crippen LogP contribution in [0.2, 0.25) is 0 Å². The largest absolute Gasteiger partial charge is 0.490 e. The van der Waals surface area contributed by atoms with E-state index in [2.05, 4.69) is 46.4 Å². The number of rotatable bonds is 3. The summed E-state index contributed by atoms with van der Waals surface area (Å²) in [5.74, 6) is 1.84. The minimum absolute atomic E-state index is 0.407. The number of benzene rings is 1. The van der Waals surface area contributed by atoms with Gasteiger partial charge in [0, 0.05) is 22.5 Å². The molecule has 98 valence electrons. The van der Waals surface area contributed by atoms with E-state index in [0.29, 0.717) is 12.1 Å². The van der Waals surface area contributed by atoms with Crippen LogP contribution in [0.3, 0.4) is 0 Å². The Labute approximate surface area is 117 Å². The first-order chi connectivity index (χ1) is 8.78. The van der Waals surface area contributed by atoms with E-state index in [1.54, 1.807) is 0 Å². The summed E-state index contributed by atoms with van der Waals surface area (Å²) in [5, 5.41) is 3.60. The Hall–Kier alpha value is -0.540. The van der Waals surface area contributed by atoms with Crippen molar-refractivity contribution in [1.82, 2.24) is 5.32 Å². The van der Waals surface area contributed by atoms with Crippen LogP contribution in [-0.4, -0.2) is 12.6 Å². The highest BCUT2D eigenvalue weighted by atomic mass is 79.9. The van der Waals surface area contributed by atoms with Gasteiger partial charge >= 0.3 is 0 Å². The topological polar surface area (TPSA) is 21.3 Å². The molecule has 0 bridgehead atoms. The molecular weight excluding hydrogens is 290 g/mol. The molecule has 1 aromatic carbocycles. The summed E-state index contributed by atoms with van der Waals surface area (Å²) in [5.41, 5.74) is 1.32. The lowest BCUT2D eigenvalue weighted by molar-refractivity contribution is 0.0533. The molecule has 2 atom stereocenters. The van der Waals surface area contributed by atoms with Crippen LogP contribution in [0.1, 0.15) is 44.2 Å². The van der Waals surface area contributed by atoms with Gasteiger partial charge in [0.25, 0.3) is 0 Å². The predicted molar refractivity (Wildman–Crippen MR) is 76.9 cm³/mol. The number of hydrogen-bond acceptors (Lipinski definition) is 2. The standard InChI is InChI=1S/C15H20BrNO/c1-2-17-13-9-14(10-4-3-5-10)18-15-8-11(16)6-7-12(13)15/h6-8,10,13-14,17H,2-5,9H2,1H3. The van der Waals surface area contributed by atoms with Crippen molar-refractivity contribution in [3.05, 3.63) is 28.2 Å². The van der Waals surface area contributed by atoms with Gasteiger partial charge in [-0.2, -0.15) is 0 Å². The molecule has 0 spiro atoms. The van der Waals surface area contributed by atoms with E-state index in [0.717, 1.165) is 29.1 Å². The molecular formula is C15H20BrNO. The lowest BCUT2D eigenvalue weighted by Gasteiger charge is -2.40. The zero-order chi connectivity index (χ0) is 12.5. The molecule has 0 amide bonds. The highest BCUT2D eigenvalue weighted by Crippen LogP contribution is 2.42. The first kappa shape index (κ1) is 12.5. The molecule has 1 aromatic rings. The van der Waals surface area contributed by atoms with Crippen molar-refractivity contribution >= 4 is 15.9 Å². The molecule has 1 heterocycles. The van der Waals surface area contributed by atoms with Crippen LogP contribution in [0, 0.1) is 5.92 Å². The minimum atomic E-state index is 0.407. The SMILES string of the molecule is CCNC1CC(C2CCC2)Oc2cc(Br)ccc21. The van der Waals surface area contributed by atoms with Crippen molar-refractivity contribution < 1.29 is 4.74 Å². The fraction of sp³-hybridized carbons (Fsp3) is 0.600. The van der Waals surface area contributed by atoms with Gasteiger partial charge in [-0.1, -0.05) is 35.3 Å². The highest BCUT2D eigenvalue weighted by Gasteiger charge is 2.35. The Morgan fingerprint density at radius 3 is 2.89 bits per heavy atom. The third-order valence-electron chi connectivity index (χ3n) is 4.22. The van der Waals surface area contributed by atoms with Crippen LogP contribution in [0.15, 0.2) is 22.7 Å². The average Bonchev–Trinajstić information content (AvgIpc) is 2.26. The summed E-state index contributed by atoms with van der Waals surface area (Å²) >= 11 is 3.54. The summed E-state index contributed by atoms with van der Waals surface area (Å²) in [7, 11) is 0. The van der Waals surface area contributed by atoms with Crippen LogP contribution in [-0.2, 0) is 0 Å². The Bertz CT molecular complexity index is 431. The van der Waals surface area contributed by atoms with Crippen molar-refractivity contribution in [1.29, 1.82) is 0 Å². The maximum atomic E-state index is 6.22. The van der Waals surface area contributed by atoms with E-state index < -0.39 is 0 Å². The zero-order valence-electron chi connectivity index (χ0n) is 10.8. The zero-order valence-corrected chi connectivity index (χ0v) is 12.4. The Morgan fingerprint density at radius 1 is 1.39 bits per heavy atom. The van der Waals surface area contributed by atoms with Crippen molar-refractivity contribution in [3.8, 4) is 5.75 Å². The molecule has 0 aromatic heterocycles. The number of ether oxygens (including phenoxy) is 1. The van der Waals surface area contributed by atoms with Gasteiger partial charge in [-0.05, 0) is 37.4 Å². The van der Waals surface area contributed by atoms with Crippen LogP contribution in [0.4, 0.5) is 0 Å². The average molecular weight is 310 g/mol. The van der Waals surface area contributed by atoms with E-state index in [9.17, 15) is 0 Å². The number of fused-ring (bicyclic) bond motifs is 1. The van der Waals surface area contributed by atoms with Gasteiger partial charge in [-0.25, -0.2) is 0 Å². The van der Waals surface area contributed by atoms with Gasteiger partial charge in [0.15, 0.2) is 0 Å². The second-order valence-electron chi connectivity index (χ2n) is 5.38. The minimum Gasteiger partial charge on any atom is -0.490 e. The fourth-order valence-electron chi connectivity index (χ4n) is 3.01. The molecule has 3 rings (SSSR count). The smallest absolute Gasteiger partial charge is 0.125 e. The summed E-state index contributed by atoms with van der Waals surface area (Å²) in [4.78, 5) is 0. The summed E-state index contributed by atoms with van der Waals surface area (Å²) in [6.07, 6.45) is 5.58. The van der Waals surface area contributed by atoms with Crippen molar-refractivity contribution in [2.24, 2.45) is 5.92 Å². The van der Waals surface area contributed by atoms with Crippen molar-refractivity contribution in [2.75, 3.05) is 6.54 Å². The third-order valence-corrected chi connectivity index (χ3v) is 4.72. The van der Waals surface area contributed by atoms with Gasteiger partial charge in [0.2, 0.25) is 0 Å². The van der Waals surface area contributed by atoms with E-state index in [-0.39, 0.29) is 0 Å². The first-order valence-electron chi connectivity index (χ1n) is 6.97. The van der Waals surface area contributed by atoms with Gasteiger partial charge in [-0.3, -0.25) is 0 Å². The molecule has 1 N–H and O–H groups in total. The molecule has 18 heavy (non-hydrogen) atoms. The highest BCUT2D eigenvalue weighted by molar-refractivity contribution is 9.10. The molecule has 0 saturated heterocycles. The van der Waals surface area contributed by atoms with Crippen LogP contribution >= 0.6 is 15.9 Å². The molecule has 2 aliphatic rings. The van der Waals surface area contributed by atoms with E-state index in [1.165, 1.54) is 24.8 Å². The second kappa shape index (κ2) is 5.22. The predicted octanol–water partition coefficient (Wildman–Crippen LogP) is 4.05. The van der Waals surface area contributed by atoms with E-state index >= 15 is 0 Å². The maximum Gasteiger partial charge on any atom is 0.125 e. The first-order valence-corrected chi connectivity index (χ1v) is 7.76. The Morgan fingerprint density at radius 2 is 2.22 bits per heavy atom. The lowest BCUT2D eigenvalue weighted by Crippen LogP contribution is -2.39. The molecule has 1 aliphatic carbocycles. The fourth-order valence-corrected chi connectivity index (χ4v) is 3.35. The quantitative estimate of drug-likeness (QED) is 0.909. The van der Waals surface area contributed by atoms with Crippen molar-refractivity contribution in [3.63, 3.8) is 0 Å². The monoisotopic (exact) mass is 309 g/mol. The molecule has 0 radical (unpaired) electrons. The lowest BCUT2D eigenvalue weighted by atomic mass is 9.77. The summed E-state index contributed by atoms with van der Waals surface area (Å²) in [6, 6.07) is 6.86. The molecule has 1 aliphatic heterocycles. The van der Waals surface area contributed by atoms with E-state index in [1.807, 2.05) is 0 Å². The molecule has 1 fully saturated rings. The van der Waals surface area contributed by atoms with Gasteiger partial charge in [0.1, 0.15) is 11.9 Å². The van der Waals surface area contributed by atoms with Gasteiger partial charge in [0.05, 0.1) is 0 Å². The van der Waals surface area contributed by atoms with Crippen LogP contribution < -0.4 is 10.1 Å². The Balaban J connectivity index is 1.87. The number of nitrogens with one attached hydrogen (secondary N) is 1. The summed E-state index contributed by atoms with van der Waals surface area (Å²) < 4.78 is 7.33. The molecule has 1 saturated carbocycles. The van der Waals surface area contributed by atoms with E-state index in [4.69, 9.17) is 4.74 Å². The van der Waals surface area contributed by atoms with Gasteiger partial charge < -0.3 is 10.1 Å². The number of halogens is 1. The Kier molecular flexibility index (Phi) is 3.62. The molecule has 2 nitrogen and oxygen atoms in total. The molecule has 3 heteroatoms. The normalized spacial score (nSPS) is 27.2. The molecule has 2 unspecified atom stereocenters. The maximum absolute atomic E-state index is 6.22. The van der Waals surface area contributed by atoms with Gasteiger partial charge in [-0.15, -0.1) is 0 Å². The second-order valence-corrected chi connectivity index (χ2v) is 6.29. The van der Waals surface area contributed by atoms with Crippen molar-refractivity contribution in [2.45, 2.75) is 44.8 Å². The van der Waals surface area contributed by atoms with Crippen LogP contribution in [0.5, 0.6) is 5.75 Å². The van der Waals surface area contributed by atoms with Crippen LogP contribution in [0.25, 0.3) is 0 Å².